The van der Waals surface area contributed by atoms with E-state index in [1.807, 2.05) is 6.92 Å². The summed E-state index contributed by atoms with van der Waals surface area (Å²) in [4.78, 5) is 23.0. The molecule has 0 aliphatic carbocycles. The van der Waals surface area contributed by atoms with Gasteiger partial charge in [-0.3, -0.25) is 9.59 Å². The summed E-state index contributed by atoms with van der Waals surface area (Å²) in [6.07, 6.45) is 22.5. The van der Waals surface area contributed by atoms with E-state index < -0.39 is 0 Å². The van der Waals surface area contributed by atoms with Crippen molar-refractivity contribution >= 4 is 11.9 Å². The van der Waals surface area contributed by atoms with E-state index in [0.29, 0.717) is 32.5 Å². The first-order valence-corrected chi connectivity index (χ1v) is 11.3. The lowest BCUT2D eigenvalue weighted by Gasteiger charge is -2.06. The van der Waals surface area contributed by atoms with Crippen LogP contribution in [0.2, 0.25) is 0 Å². The predicted octanol–water partition coefficient (Wildman–Crippen LogP) is 6.69. The Hall–Kier alpha value is -1.58. The zero-order valence-corrected chi connectivity index (χ0v) is 18.3. The van der Waals surface area contributed by atoms with Crippen LogP contribution in [0.5, 0.6) is 0 Å². The molecule has 0 fully saturated rings. The van der Waals surface area contributed by atoms with Crippen molar-refractivity contribution in [1.29, 1.82) is 0 Å². The van der Waals surface area contributed by atoms with Gasteiger partial charge in [0.1, 0.15) is 0 Å². The van der Waals surface area contributed by atoms with E-state index in [2.05, 4.69) is 31.2 Å². The Kier molecular flexibility index (Phi) is 20.5. The number of unbranched alkanes of at least 4 members (excludes halogenated alkanes) is 7. The fraction of sp³-hybridized carbons (Fsp3) is 0.750. The highest BCUT2D eigenvalue weighted by Crippen LogP contribution is 2.08. The number of carbonyl (C=O) groups excluding carboxylic acids is 2. The summed E-state index contributed by atoms with van der Waals surface area (Å²) in [7, 11) is 0. The van der Waals surface area contributed by atoms with Crippen LogP contribution in [0.15, 0.2) is 24.3 Å². The lowest BCUT2D eigenvalue weighted by atomic mass is 10.1. The van der Waals surface area contributed by atoms with Gasteiger partial charge in [0.25, 0.3) is 0 Å². The molecule has 0 heterocycles. The van der Waals surface area contributed by atoms with E-state index in [1.54, 1.807) is 0 Å². The zero-order chi connectivity index (χ0) is 20.7. The van der Waals surface area contributed by atoms with Crippen LogP contribution in [-0.4, -0.2) is 25.2 Å². The topological polar surface area (TPSA) is 52.6 Å². The summed E-state index contributed by atoms with van der Waals surface area (Å²) in [6, 6.07) is 0. The number of ether oxygens (including phenoxy) is 2. The molecule has 4 heteroatoms. The van der Waals surface area contributed by atoms with Gasteiger partial charge in [0.05, 0.1) is 13.2 Å². The van der Waals surface area contributed by atoms with Crippen molar-refractivity contribution in [2.75, 3.05) is 13.2 Å². The third kappa shape index (κ3) is 20.7. The first kappa shape index (κ1) is 26.4. The normalized spacial score (nSPS) is 11.4. The monoisotopic (exact) mass is 394 g/mol. The SMILES string of the molecule is CCC/C=C\CC=CCCCCCCCC(=O)OCCCOC(=O)CCCC. The van der Waals surface area contributed by atoms with Gasteiger partial charge in [-0.25, -0.2) is 0 Å². The number of hydrogen-bond acceptors (Lipinski definition) is 4. The molecule has 0 rings (SSSR count). The number of allylic oxidation sites excluding steroid dienone is 4. The van der Waals surface area contributed by atoms with Gasteiger partial charge in [-0.2, -0.15) is 0 Å². The Morgan fingerprint density at radius 2 is 1.18 bits per heavy atom. The summed E-state index contributed by atoms with van der Waals surface area (Å²) in [5.41, 5.74) is 0. The maximum atomic E-state index is 11.6. The fourth-order valence-corrected chi connectivity index (χ4v) is 2.63. The molecule has 28 heavy (non-hydrogen) atoms. The van der Waals surface area contributed by atoms with Crippen LogP contribution in [0.25, 0.3) is 0 Å². The fourth-order valence-electron chi connectivity index (χ4n) is 2.63. The highest BCUT2D eigenvalue weighted by Gasteiger charge is 2.04. The van der Waals surface area contributed by atoms with Gasteiger partial charge in [0.15, 0.2) is 0 Å². The zero-order valence-electron chi connectivity index (χ0n) is 18.3. The Labute approximate surface area is 172 Å². The Morgan fingerprint density at radius 3 is 1.82 bits per heavy atom. The average Bonchev–Trinajstić information content (AvgIpc) is 2.69. The van der Waals surface area contributed by atoms with Crippen molar-refractivity contribution in [3.63, 3.8) is 0 Å². The highest BCUT2D eigenvalue weighted by molar-refractivity contribution is 5.69. The third-order valence-electron chi connectivity index (χ3n) is 4.36. The Bertz CT molecular complexity index is 426. The van der Waals surface area contributed by atoms with Gasteiger partial charge in [0.2, 0.25) is 0 Å². The van der Waals surface area contributed by atoms with Gasteiger partial charge in [-0.15, -0.1) is 0 Å². The van der Waals surface area contributed by atoms with Crippen molar-refractivity contribution in [2.24, 2.45) is 0 Å². The molecule has 0 saturated carbocycles. The molecule has 0 spiro atoms. The molecule has 4 nitrogen and oxygen atoms in total. The molecule has 0 aliphatic rings. The largest absolute Gasteiger partial charge is 0.466 e. The summed E-state index contributed by atoms with van der Waals surface area (Å²) in [5.74, 6) is -0.302. The summed E-state index contributed by atoms with van der Waals surface area (Å²) >= 11 is 0. The number of rotatable bonds is 19. The molecule has 0 radical (unpaired) electrons. The van der Waals surface area contributed by atoms with Crippen molar-refractivity contribution in [3.8, 4) is 0 Å². The van der Waals surface area contributed by atoms with Gasteiger partial charge >= 0.3 is 11.9 Å². The first-order valence-electron chi connectivity index (χ1n) is 11.3. The minimum absolute atomic E-state index is 0.142. The lowest BCUT2D eigenvalue weighted by Crippen LogP contribution is -2.10. The van der Waals surface area contributed by atoms with Crippen LogP contribution in [0.4, 0.5) is 0 Å². The second-order valence-electron chi connectivity index (χ2n) is 7.17. The molecule has 0 N–H and O–H groups in total. The van der Waals surface area contributed by atoms with Gasteiger partial charge in [-0.05, 0) is 38.5 Å². The molecule has 0 aromatic rings. The third-order valence-corrected chi connectivity index (χ3v) is 4.36. The first-order chi connectivity index (χ1) is 13.7. The molecule has 0 aliphatic heterocycles. The molecular weight excluding hydrogens is 352 g/mol. The van der Waals surface area contributed by atoms with E-state index in [-0.39, 0.29) is 11.9 Å². The summed E-state index contributed by atoms with van der Waals surface area (Å²) in [6.45, 7) is 4.90. The molecule has 0 unspecified atom stereocenters. The molecule has 0 atom stereocenters. The minimum Gasteiger partial charge on any atom is -0.466 e. The van der Waals surface area contributed by atoms with E-state index in [9.17, 15) is 9.59 Å². The predicted molar refractivity (Wildman–Crippen MR) is 116 cm³/mol. The van der Waals surface area contributed by atoms with Gasteiger partial charge in [0, 0.05) is 19.3 Å². The second kappa shape index (κ2) is 21.7. The maximum Gasteiger partial charge on any atom is 0.305 e. The van der Waals surface area contributed by atoms with Gasteiger partial charge < -0.3 is 9.47 Å². The minimum atomic E-state index is -0.160. The maximum absolute atomic E-state index is 11.6. The second-order valence-corrected chi connectivity index (χ2v) is 7.17. The Balaban J connectivity index is 3.33. The van der Waals surface area contributed by atoms with Crippen molar-refractivity contribution in [1.82, 2.24) is 0 Å². The van der Waals surface area contributed by atoms with Crippen molar-refractivity contribution in [3.05, 3.63) is 24.3 Å². The van der Waals surface area contributed by atoms with E-state index in [4.69, 9.17) is 9.47 Å². The lowest BCUT2D eigenvalue weighted by molar-refractivity contribution is -0.146. The molecule has 0 amide bonds. The molecule has 0 saturated heterocycles. The Morgan fingerprint density at radius 1 is 0.607 bits per heavy atom. The van der Waals surface area contributed by atoms with Crippen LogP contribution >= 0.6 is 0 Å². The summed E-state index contributed by atoms with van der Waals surface area (Å²) in [5, 5.41) is 0. The van der Waals surface area contributed by atoms with Crippen LogP contribution < -0.4 is 0 Å². The molecular formula is C24H42O4. The summed E-state index contributed by atoms with van der Waals surface area (Å²) < 4.78 is 10.2. The highest BCUT2D eigenvalue weighted by atomic mass is 16.5. The molecule has 0 aromatic heterocycles. The number of esters is 2. The smallest absolute Gasteiger partial charge is 0.305 e. The van der Waals surface area contributed by atoms with Gasteiger partial charge in [-0.1, -0.05) is 70.3 Å². The van der Waals surface area contributed by atoms with E-state index >= 15 is 0 Å². The quantitative estimate of drug-likeness (QED) is 0.139. The van der Waals surface area contributed by atoms with Crippen LogP contribution in [0.1, 0.15) is 104 Å². The molecule has 0 aromatic carbocycles. The van der Waals surface area contributed by atoms with E-state index in [0.717, 1.165) is 38.5 Å². The number of hydrogen-bond donors (Lipinski definition) is 0. The number of carbonyl (C=O) groups is 2. The molecule has 162 valence electrons. The van der Waals surface area contributed by atoms with Crippen LogP contribution in [-0.2, 0) is 19.1 Å². The average molecular weight is 395 g/mol. The van der Waals surface area contributed by atoms with Crippen LogP contribution in [0, 0.1) is 0 Å². The van der Waals surface area contributed by atoms with Crippen molar-refractivity contribution < 1.29 is 19.1 Å². The van der Waals surface area contributed by atoms with E-state index in [1.165, 1.54) is 32.1 Å². The van der Waals surface area contributed by atoms with Crippen LogP contribution in [0.3, 0.4) is 0 Å². The molecule has 0 bridgehead atoms. The van der Waals surface area contributed by atoms with Crippen molar-refractivity contribution in [2.45, 2.75) is 104 Å². The standard InChI is InChI=1S/C24H42O4/c1-3-5-7-8-9-10-11-12-13-14-15-16-17-20-24(26)28-22-18-21-27-23(25)19-6-4-2/h7-8,10-11H,3-6,9,12-22H2,1-2H3/b8-7-,11-10?.